The van der Waals surface area contributed by atoms with Crippen LogP contribution in [0.25, 0.3) is 0 Å². The Morgan fingerprint density at radius 2 is 1.95 bits per heavy atom. The van der Waals surface area contributed by atoms with Crippen molar-refractivity contribution in [3.8, 4) is 0 Å². The third-order valence-corrected chi connectivity index (χ3v) is 3.92. The van der Waals surface area contributed by atoms with Crippen LogP contribution in [0.3, 0.4) is 0 Å². The Kier molecular flexibility index (Phi) is 4.93. The van der Waals surface area contributed by atoms with Crippen LogP contribution in [0, 0.1) is 5.92 Å². The molecular formula is C15H20ClN3O3. The van der Waals surface area contributed by atoms with Gasteiger partial charge in [0.2, 0.25) is 5.91 Å². The summed E-state index contributed by atoms with van der Waals surface area (Å²) in [5.74, 6) is 0.286. The molecule has 0 aromatic heterocycles. The number of nitrogens with zero attached hydrogens (tertiary/aromatic N) is 2. The highest BCUT2D eigenvalue weighted by atomic mass is 35.5. The van der Waals surface area contributed by atoms with Gasteiger partial charge in [0, 0.05) is 7.05 Å². The number of hydrogen-bond donors (Lipinski definition) is 1. The molecule has 1 saturated carbocycles. The number of carbonyl (C=O) groups is 2. The summed E-state index contributed by atoms with van der Waals surface area (Å²) in [5, 5.41) is 0. The van der Waals surface area contributed by atoms with Gasteiger partial charge in [-0.05, 0) is 30.9 Å². The van der Waals surface area contributed by atoms with Gasteiger partial charge in [-0.2, -0.15) is 0 Å². The topological polar surface area (TPSA) is 75.9 Å². The van der Waals surface area contributed by atoms with Gasteiger partial charge >= 0.3 is 6.09 Å². The van der Waals surface area contributed by atoms with Crippen LogP contribution in [-0.4, -0.2) is 38.2 Å². The summed E-state index contributed by atoms with van der Waals surface area (Å²) in [6.07, 6.45) is 1.79. The summed E-state index contributed by atoms with van der Waals surface area (Å²) in [7, 11) is 1.67. The summed E-state index contributed by atoms with van der Waals surface area (Å²) in [6, 6.07) is 6.50. The number of ether oxygens (including phenoxy) is 1. The van der Waals surface area contributed by atoms with E-state index in [4.69, 9.17) is 10.5 Å². The summed E-state index contributed by atoms with van der Waals surface area (Å²) in [5.41, 5.74) is 7.22. The molecule has 1 aromatic carbocycles. The van der Waals surface area contributed by atoms with E-state index < -0.39 is 12.1 Å². The average Bonchev–Trinajstić information content (AvgIpc) is 3.32. The predicted octanol–water partition coefficient (Wildman–Crippen LogP) is 1.77. The quantitative estimate of drug-likeness (QED) is 0.899. The van der Waals surface area contributed by atoms with Crippen molar-refractivity contribution in [3.63, 3.8) is 0 Å². The normalized spacial score (nSPS) is 20.8. The van der Waals surface area contributed by atoms with Crippen LogP contribution in [-0.2, 0) is 9.53 Å². The van der Waals surface area contributed by atoms with Gasteiger partial charge in [0.05, 0.1) is 24.5 Å². The lowest BCUT2D eigenvalue weighted by Crippen LogP contribution is -2.47. The number of rotatable bonds is 2. The van der Waals surface area contributed by atoms with E-state index in [2.05, 4.69) is 0 Å². The maximum Gasteiger partial charge on any atom is 0.414 e. The van der Waals surface area contributed by atoms with Crippen LogP contribution in [0.5, 0.6) is 0 Å². The molecule has 120 valence electrons. The van der Waals surface area contributed by atoms with E-state index in [0.717, 1.165) is 12.8 Å². The minimum Gasteiger partial charge on any atom is -0.449 e. The van der Waals surface area contributed by atoms with E-state index in [-0.39, 0.29) is 24.9 Å². The van der Waals surface area contributed by atoms with E-state index in [9.17, 15) is 9.59 Å². The molecule has 3 rings (SSSR count). The largest absolute Gasteiger partial charge is 0.449 e. The lowest BCUT2D eigenvalue weighted by Gasteiger charge is -2.23. The van der Waals surface area contributed by atoms with E-state index in [1.54, 1.807) is 19.2 Å². The molecule has 2 N–H and O–H groups in total. The second-order valence-corrected chi connectivity index (χ2v) is 5.62. The average molecular weight is 326 g/mol. The first-order valence-electron chi connectivity index (χ1n) is 7.14. The summed E-state index contributed by atoms with van der Waals surface area (Å²) in [6.45, 7) is 0.570. The Morgan fingerprint density at radius 3 is 2.59 bits per heavy atom. The smallest absolute Gasteiger partial charge is 0.414 e. The molecule has 0 spiro atoms. The molecule has 0 saturated heterocycles. The van der Waals surface area contributed by atoms with Crippen LogP contribution < -0.4 is 15.5 Å². The number of nitrogens with two attached hydrogens (primary N) is 1. The fourth-order valence-electron chi connectivity index (χ4n) is 2.44. The summed E-state index contributed by atoms with van der Waals surface area (Å²) >= 11 is 0. The molecule has 0 radical (unpaired) electrons. The van der Waals surface area contributed by atoms with Gasteiger partial charge in [0.15, 0.2) is 0 Å². The van der Waals surface area contributed by atoms with Gasteiger partial charge in [0.25, 0.3) is 0 Å². The number of benzene rings is 1. The van der Waals surface area contributed by atoms with Gasteiger partial charge in [-0.25, -0.2) is 4.79 Å². The number of para-hydroxylation sites is 2. The molecule has 22 heavy (non-hydrogen) atoms. The first-order chi connectivity index (χ1) is 10.1. The molecule has 1 heterocycles. The van der Waals surface area contributed by atoms with Crippen molar-refractivity contribution in [2.45, 2.75) is 18.9 Å². The highest BCUT2D eigenvalue weighted by Gasteiger charge is 2.33. The Balaban J connectivity index is 0.00000176. The standard InChI is InChI=1S/C15H19N3O3.ClH/c1-17-12-4-2-3-5-13(12)18(8-11(16)14(17)19)15(20)21-9-10-6-7-10;/h2-5,10-11H,6-9,16H2,1H3;1H/t11-;/m0./s1. The minimum atomic E-state index is -0.754. The maximum absolute atomic E-state index is 12.3. The number of fused-ring (bicyclic) bond motifs is 1. The zero-order chi connectivity index (χ0) is 15.0. The lowest BCUT2D eigenvalue weighted by atomic mass is 10.2. The van der Waals surface area contributed by atoms with Crippen LogP contribution in [0.15, 0.2) is 24.3 Å². The molecule has 1 atom stereocenters. The Labute approximate surface area is 135 Å². The van der Waals surface area contributed by atoms with Crippen molar-refractivity contribution < 1.29 is 14.3 Å². The van der Waals surface area contributed by atoms with E-state index in [1.807, 2.05) is 12.1 Å². The number of likely N-dealkylation sites (N-methyl/N-ethyl adjacent to an activating group) is 1. The Morgan fingerprint density at radius 1 is 1.32 bits per heavy atom. The van der Waals surface area contributed by atoms with Gasteiger partial charge in [0.1, 0.15) is 6.04 Å². The number of hydrogen-bond acceptors (Lipinski definition) is 4. The third-order valence-electron chi connectivity index (χ3n) is 3.92. The molecule has 1 aromatic rings. The number of halogens is 1. The molecule has 1 aliphatic heterocycles. The molecular weight excluding hydrogens is 306 g/mol. The molecule has 2 aliphatic rings. The first kappa shape index (κ1) is 16.6. The molecule has 2 amide bonds. The number of anilines is 2. The predicted molar refractivity (Wildman–Crippen MR) is 86.5 cm³/mol. The maximum atomic E-state index is 12.3. The first-order valence-corrected chi connectivity index (χ1v) is 7.14. The van der Waals surface area contributed by atoms with E-state index in [0.29, 0.717) is 23.9 Å². The second-order valence-electron chi connectivity index (χ2n) is 5.62. The van der Waals surface area contributed by atoms with Crippen LogP contribution >= 0.6 is 12.4 Å². The van der Waals surface area contributed by atoms with Crippen molar-refractivity contribution in [1.29, 1.82) is 0 Å². The minimum absolute atomic E-state index is 0. The molecule has 0 unspecified atom stereocenters. The van der Waals surface area contributed by atoms with Crippen LogP contribution in [0.4, 0.5) is 16.2 Å². The number of carbonyl (C=O) groups excluding carboxylic acids is 2. The SMILES string of the molecule is CN1C(=O)[C@@H](N)CN(C(=O)OCC2CC2)c2ccccc21.Cl. The van der Waals surface area contributed by atoms with Crippen LogP contribution in [0.2, 0.25) is 0 Å². The van der Waals surface area contributed by atoms with E-state index >= 15 is 0 Å². The molecule has 6 nitrogen and oxygen atoms in total. The van der Waals surface area contributed by atoms with Gasteiger partial charge < -0.3 is 15.4 Å². The van der Waals surface area contributed by atoms with E-state index in [1.165, 1.54) is 9.80 Å². The van der Waals surface area contributed by atoms with Crippen LogP contribution in [0.1, 0.15) is 12.8 Å². The molecule has 7 heteroatoms. The summed E-state index contributed by atoms with van der Waals surface area (Å²) in [4.78, 5) is 27.5. The van der Waals surface area contributed by atoms with Crippen molar-refractivity contribution in [1.82, 2.24) is 0 Å². The van der Waals surface area contributed by atoms with Crippen molar-refractivity contribution in [3.05, 3.63) is 24.3 Å². The van der Waals surface area contributed by atoms with Gasteiger partial charge in [-0.3, -0.25) is 9.69 Å². The lowest BCUT2D eigenvalue weighted by molar-refractivity contribution is -0.119. The highest BCUT2D eigenvalue weighted by molar-refractivity contribution is 6.05. The fraction of sp³-hybridized carbons (Fsp3) is 0.467. The monoisotopic (exact) mass is 325 g/mol. The van der Waals surface area contributed by atoms with Gasteiger partial charge in [-0.1, -0.05) is 12.1 Å². The zero-order valence-electron chi connectivity index (χ0n) is 12.4. The van der Waals surface area contributed by atoms with Gasteiger partial charge in [-0.15, -0.1) is 12.4 Å². The Hall–Kier alpha value is -1.79. The van der Waals surface area contributed by atoms with Crippen molar-refractivity contribution in [2.24, 2.45) is 11.7 Å². The fourth-order valence-corrected chi connectivity index (χ4v) is 2.44. The molecule has 0 bridgehead atoms. The summed E-state index contributed by atoms with van der Waals surface area (Å²) < 4.78 is 5.34. The molecule has 1 fully saturated rings. The number of amides is 2. The zero-order valence-corrected chi connectivity index (χ0v) is 13.2. The van der Waals surface area contributed by atoms with Crippen molar-refractivity contribution >= 4 is 35.8 Å². The highest BCUT2D eigenvalue weighted by Crippen LogP contribution is 2.33. The second kappa shape index (κ2) is 6.54. The molecule has 1 aliphatic carbocycles. The Bertz CT molecular complexity index is 577. The third kappa shape index (κ3) is 3.18. The van der Waals surface area contributed by atoms with Crippen molar-refractivity contribution in [2.75, 3.05) is 30.0 Å².